The van der Waals surface area contributed by atoms with Gasteiger partial charge in [-0.05, 0) is 50.3 Å². The Hall–Kier alpha value is -2.37. The van der Waals surface area contributed by atoms with Crippen molar-refractivity contribution in [1.82, 2.24) is 9.80 Å². The molecule has 6 heteroatoms. The van der Waals surface area contributed by atoms with Crippen LogP contribution in [0.2, 0.25) is 0 Å². The lowest BCUT2D eigenvalue weighted by Gasteiger charge is -2.41. The molecule has 1 aromatic rings. The number of nitrogens with zero attached hydrogens (tertiary/aromatic N) is 2. The van der Waals surface area contributed by atoms with E-state index in [0.29, 0.717) is 25.7 Å². The van der Waals surface area contributed by atoms with Crippen LogP contribution in [0, 0.1) is 6.92 Å². The summed E-state index contributed by atoms with van der Waals surface area (Å²) < 4.78 is 0. The van der Waals surface area contributed by atoms with Crippen molar-refractivity contribution in [3.8, 4) is 0 Å². The first-order valence-electron chi connectivity index (χ1n) is 9.04. The van der Waals surface area contributed by atoms with E-state index in [4.69, 9.17) is 0 Å². The number of carbonyl (C=O) groups excluding carboxylic acids is 3. The Balaban J connectivity index is 1.46. The van der Waals surface area contributed by atoms with Crippen LogP contribution in [0.1, 0.15) is 44.1 Å². The fourth-order valence-corrected chi connectivity index (χ4v) is 4.60. The molecule has 1 N–H and O–H groups in total. The van der Waals surface area contributed by atoms with Crippen molar-refractivity contribution in [2.45, 2.75) is 63.6 Å². The van der Waals surface area contributed by atoms with Gasteiger partial charge in [-0.15, -0.1) is 0 Å². The molecule has 2 bridgehead atoms. The highest BCUT2D eigenvalue weighted by Crippen LogP contribution is 2.39. The number of hydrogen-bond donors (Lipinski definition) is 1. The Morgan fingerprint density at radius 3 is 2.28 bits per heavy atom. The Bertz CT molecular complexity index is 702. The Kier molecular flexibility index (Phi) is 3.98. The van der Waals surface area contributed by atoms with E-state index in [-0.39, 0.29) is 36.0 Å². The zero-order chi connectivity index (χ0) is 17.6. The Labute approximate surface area is 147 Å². The molecule has 2 unspecified atom stereocenters. The second kappa shape index (κ2) is 6.17. The number of fused-ring (bicyclic) bond motifs is 2. The molecular weight excluding hydrogens is 318 g/mol. The molecule has 3 saturated heterocycles. The van der Waals surface area contributed by atoms with E-state index >= 15 is 0 Å². The minimum atomic E-state index is -0.0735. The normalized spacial score (nSPS) is 28.6. The number of aryl methyl sites for hydroxylation is 1. The second-order valence-electron chi connectivity index (χ2n) is 7.37. The zero-order valence-electron chi connectivity index (χ0n) is 14.4. The van der Waals surface area contributed by atoms with Crippen molar-refractivity contribution in [2.75, 3.05) is 5.32 Å². The molecule has 3 aliphatic heterocycles. The predicted molar refractivity (Wildman–Crippen MR) is 93.0 cm³/mol. The van der Waals surface area contributed by atoms with Gasteiger partial charge in [0.1, 0.15) is 0 Å². The lowest BCUT2D eigenvalue weighted by atomic mass is 9.96. The SMILES string of the molecule is Cc1cccc(NC(=O)N2C3CCC2CC(N2C(=O)CCC2=O)C3)c1. The average molecular weight is 341 g/mol. The maximum atomic E-state index is 12.8. The van der Waals surface area contributed by atoms with Gasteiger partial charge in [0.2, 0.25) is 11.8 Å². The van der Waals surface area contributed by atoms with Gasteiger partial charge in [-0.1, -0.05) is 12.1 Å². The summed E-state index contributed by atoms with van der Waals surface area (Å²) in [7, 11) is 0. The molecular formula is C19H23N3O3. The highest BCUT2D eigenvalue weighted by atomic mass is 16.2. The van der Waals surface area contributed by atoms with E-state index in [1.165, 1.54) is 4.90 Å². The topological polar surface area (TPSA) is 69.7 Å². The van der Waals surface area contributed by atoms with Gasteiger partial charge in [0.15, 0.2) is 0 Å². The lowest BCUT2D eigenvalue weighted by molar-refractivity contribution is -0.142. The summed E-state index contributed by atoms with van der Waals surface area (Å²) in [5.74, 6) is -0.0980. The highest BCUT2D eigenvalue weighted by molar-refractivity contribution is 6.02. The molecule has 0 saturated carbocycles. The van der Waals surface area contributed by atoms with Gasteiger partial charge >= 0.3 is 6.03 Å². The van der Waals surface area contributed by atoms with Gasteiger partial charge in [0, 0.05) is 36.7 Å². The lowest BCUT2D eigenvalue weighted by Crippen LogP contribution is -2.54. The smallest absolute Gasteiger partial charge is 0.318 e. The number of urea groups is 1. The fourth-order valence-electron chi connectivity index (χ4n) is 4.60. The molecule has 3 aliphatic rings. The molecule has 0 aromatic heterocycles. The largest absolute Gasteiger partial charge is 0.322 e. The van der Waals surface area contributed by atoms with Crippen molar-refractivity contribution in [2.24, 2.45) is 0 Å². The van der Waals surface area contributed by atoms with E-state index in [1.807, 2.05) is 36.1 Å². The van der Waals surface area contributed by atoms with Crippen LogP contribution in [0.25, 0.3) is 0 Å². The molecule has 2 atom stereocenters. The van der Waals surface area contributed by atoms with Gasteiger partial charge < -0.3 is 10.2 Å². The number of anilines is 1. The van der Waals surface area contributed by atoms with E-state index in [2.05, 4.69) is 5.32 Å². The number of rotatable bonds is 2. The summed E-state index contributed by atoms with van der Waals surface area (Å²) in [6.45, 7) is 1.99. The van der Waals surface area contributed by atoms with Gasteiger partial charge in [-0.3, -0.25) is 14.5 Å². The van der Waals surface area contributed by atoms with Crippen LogP contribution >= 0.6 is 0 Å². The molecule has 3 fully saturated rings. The second-order valence-corrected chi connectivity index (χ2v) is 7.37. The zero-order valence-corrected chi connectivity index (χ0v) is 14.4. The van der Waals surface area contributed by atoms with Crippen molar-refractivity contribution in [1.29, 1.82) is 0 Å². The summed E-state index contributed by atoms with van der Waals surface area (Å²) in [4.78, 5) is 40.2. The molecule has 6 nitrogen and oxygen atoms in total. The molecule has 4 rings (SSSR count). The Morgan fingerprint density at radius 1 is 1.04 bits per heavy atom. The first-order valence-corrected chi connectivity index (χ1v) is 9.04. The van der Waals surface area contributed by atoms with Crippen molar-refractivity contribution in [3.05, 3.63) is 29.8 Å². The predicted octanol–water partition coefficient (Wildman–Crippen LogP) is 2.67. The summed E-state index contributed by atoms with van der Waals surface area (Å²) in [5, 5.41) is 2.99. The molecule has 25 heavy (non-hydrogen) atoms. The molecule has 0 aliphatic carbocycles. The number of imide groups is 1. The van der Waals surface area contributed by atoms with Gasteiger partial charge in [0.25, 0.3) is 0 Å². The minimum absolute atomic E-state index is 0.0389. The number of likely N-dealkylation sites (tertiary alicyclic amines) is 1. The van der Waals surface area contributed by atoms with Crippen molar-refractivity contribution < 1.29 is 14.4 Å². The maximum Gasteiger partial charge on any atom is 0.322 e. The molecule has 4 amide bonds. The number of amides is 4. The first kappa shape index (κ1) is 16.1. The van der Waals surface area contributed by atoms with Gasteiger partial charge in [-0.2, -0.15) is 0 Å². The van der Waals surface area contributed by atoms with Crippen molar-refractivity contribution in [3.63, 3.8) is 0 Å². The third-order valence-electron chi connectivity index (χ3n) is 5.67. The van der Waals surface area contributed by atoms with Crippen LogP contribution in [-0.2, 0) is 9.59 Å². The summed E-state index contributed by atoms with van der Waals surface area (Å²) in [6.07, 6.45) is 3.96. The highest BCUT2D eigenvalue weighted by Gasteiger charge is 2.47. The maximum absolute atomic E-state index is 12.8. The van der Waals surface area contributed by atoms with Gasteiger partial charge in [0.05, 0.1) is 0 Å². The number of benzene rings is 1. The van der Waals surface area contributed by atoms with Crippen LogP contribution in [0.4, 0.5) is 10.5 Å². The third-order valence-corrected chi connectivity index (χ3v) is 5.67. The van der Waals surface area contributed by atoms with E-state index in [9.17, 15) is 14.4 Å². The Morgan fingerprint density at radius 2 is 1.68 bits per heavy atom. The monoisotopic (exact) mass is 341 g/mol. The van der Waals surface area contributed by atoms with Crippen molar-refractivity contribution >= 4 is 23.5 Å². The van der Waals surface area contributed by atoms with Crippen LogP contribution in [0.3, 0.4) is 0 Å². The standard InChI is InChI=1S/C19H23N3O3/c1-12-3-2-4-13(9-12)20-19(25)21-14-5-6-15(21)11-16(10-14)22-17(23)7-8-18(22)24/h2-4,9,14-16H,5-8,10-11H2,1H3,(H,20,25). The fraction of sp³-hybridized carbons (Fsp3) is 0.526. The molecule has 132 valence electrons. The minimum Gasteiger partial charge on any atom is -0.318 e. The number of carbonyl (C=O) groups is 3. The molecule has 0 spiro atoms. The number of piperidine rings is 1. The number of nitrogens with one attached hydrogen (secondary N) is 1. The van der Waals surface area contributed by atoms with Crippen LogP contribution in [0.15, 0.2) is 24.3 Å². The summed E-state index contributed by atoms with van der Waals surface area (Å²) in [6, 6.07) is 7.86. The summed E-state index contributed by atoms with van der Waals surface area (Å²) in [5.41, 5.74) is 1.90. The first-order chi connectivity index (χ1) is 12.0. The van der Waals surface area contributed by atoms with E-state index in [1.54, 1.807) is 0 Å². The molecule has 0 radical (unpaired) electrons. The van der Waals surface area contributed by atoms with E-state index in [0.717, 1.165) is 24.1 Å². The average Bonchev–Trinajstić information content (AvgIpc) is 3.04. The molecule has 3 heterocycles. The van der Waals surface area contributed by atoms with Crippen LogP contribution in [-0.4, -0.2) is 45.8 Å². The molecule has 1 aromatic carbocycles. The third kappa shape index (κ3) is 2.90. The number of hydrogen-bond acceptors (Lipinski definition) is 3. The van der Waals surface area contributed by atoms with Gasteiger partial charge in [-0.25, -0.2) is 4.79 Å². The summed E-state index contributed by atoms with van der Waals surface area (Å²) >= 11 is 0. The van der Waals surface area contributed by atoms with Crippen LogP contribution in [0.5, 0.6) is 0 Å². The van der Waals surface area contributed by atoms with Crippen LogP contribution < -0.4 is 5.32 Å². The van der Waals surface area contributed by atoms with E-state index < -0.39 is 0 Å². The quantitative estimate of drug-likeness (QED) is 0.841.